The van der Waals surface area contributed by atoms with Crippen molar-refractivity contribution in [1.82, 2.24) is 4.31 Å². The predicted molar refractivity (Wildman–Crippen MR) is 108 cm³/mol. The number of hydrogen-bond donors (Lipinski definition) is 0. The molecule has 9 heteroatoms. The third-order valence-corrected chi connectivity index (χ3v) is 7.02. The largest absolute Gasteiger partial charge is 0.495 e. The summed E-state index contributed by atoms with van der Waals surface area (Å²) in [4.78, 5) is 14.2. The van der Waals surface area contributed by atoms with E-state index in [1.807, 2.05) is 25.1 Å². The Morgan fingerprint density at radius 2 is 2.04 bits per heavy atom. The Hall–Kier alpha value is -1.97. The van der Waals surface area contributed by atoms with Crippen molar-refractivity contribution in [3.63, 3.8) is 0 Å². The van der Waals surface area contributed by atoms with Crippen LogP contribution in [0.3, 0.4) is 0 Å². The topological polar surface area (TPSA) is 66.9 Å². The van der Waals surface area contributed by atoms with E-state index in [4.69, 9.17) is 4.74 Å². The molecule has 0 N–H and O–H groups in total. The average Bonchev–Trinajstić information content (AvgIpc) is 2.96. The van der Waals surface area contributed by atoms with Gasteiger partial charge in [0, 0.05) is 23.2 Å². The van der Waals surface area contributed by atoms with Crippen molar-refractivity contribution in [2.24, 2.45) is 0 Å². The molecule has 0 aromatic heterocycles. The number of halogens is 2. The maximum absolute atomic E-state index is 13.6. The molecular formula is C19H20BrFN2O4S. The quantitative estimate of drug-likeness (QED) is 0.672. The number of methoxy groups -OCH3 is 1. The first-order valence-electron chi connectivity index (χ1n) is 8.55. The van der Waals surface area contributed by atoms with Gasteiger partial charge < -0.3 is 9.64 Å². The Balaban J connectivity index is 1.86. The van der Waals surface area contributed by atoms with Crippen LogP contribution in [0, 0.1) is 5.82 Å². The minimum Gasteiger partial charge on any atom is -0.495 e. The molecule has 150 valence electrons. The van der Waals surface area contributed by atoms with Crippen molar-refractivity contribution in [2.45, 2.75) is 24.3 Å². The van der Waals surface area contributed by atoms with Crippen molar-refractivity contribution < 1.29 is 22.3 Å². The van der Waals surface area contributed by atoms with E-state index in [1.165, 1.54) is 20.2 Å². The highest BCUT2D eigenvalue weighted by molar-refractivity contribution is 9.10. The van der Waals surface area contributed by atoms with E-state index in [1.54, 1.807) is 4.90 Å². The maximum Gasteiger partial charge on any atom is 0.247 e. The molecule has 2 aromatic carbocycles. The smallest absolute Gasteiger partial charge is 0.247 e. The minimum atomic E-state index is -4.12. The Kier molecular flexibility index (Phi) is 5.79. The number of rotatable bonds is 5. The van der Waals surface area contributed by atoms with Crippen LogP contribution in [0.5, 0.6) is 5.75 Å². The van der Waals surface area contributed by atoms with Gasteiger partial charge in [-0.05, 0) is 55.3 Å². The van der Waals surface area contributed by atoms with E-state index in [2.05, 4.69) is 15.9 Å². The monoisotopic (exact) mass is 470 g/mol. The molecular weight excluding hydrogens is 451 g/mol. The van der Waals surface area contributed by atoms with Gasteiger partial charge in [0.1, 0.15) is 16.5 Å². The van der Waals surface area contributed by atoms with Crippen LogP contribution in [-0.4, -0.2) is 45.4 Å². The molecule has 2 aromatic rings. The van der Waals surface area contributed by atoms with Crippen molar-refractivity contribution in [3.8, 4) is 5.75 Å². The lowest BCUT2D eigenvalue weighted by molar-refractivity contribution is -0.118. The van der Waals surface area contributed by atoms with Gasteiger partial charge in [0.15, 0.2) is 0 Å². The molecule has 0 spiro atoms. The lowest BCUT2D eigenvalue weighted by Crippen LogP contribution is -2.43. The molecule has 0 bridgehead atoms. The first kappa shape index (κ1) is 20.8. The minimum absolute atomic E-state index is 0.0189. The lowest BCUT2D eigenvalue weighted by Gasteiger charge is -2.26. The van der Waals surface area contributed by atoms with Crippen LogP contribution in [0.25, 0.3) is 0 Å². The predicted octanol–water partition coefficient (Wildman–Crippen LogP) is 3.20. The fourth-order valence-corrected chi connectivity index (χ4v) is 5.04. The fourth-order valence-electron chi connectivity index (χ4n) is 3.35. The molecule has 3 rings (SSSR count). The summed E-state index contributed by atoms with van der Waals surface area (Å²) in [5.41, 5.74) is 1.79. The third-order valence-electron chi connectivity index (χ3n) is 4.70. The summed E-state index contributed by atoms with van der Waals surface area (Å²) in [5.74, 6) is -1.03. The second-order valence-corrected chi connectivity index (χ2v) is 9.58. The Morgan fingerprint density at radius 3 is 2.71 bits per heavy atom. The van der Waals surface area contributed by atoms with Gasteiger partial charge in [-0.25, -0.2) is 12.8 Å². The van der Waals surface area contributed by atoms with Crippen LogP contribution in [0.2, 0.25) is 0 Å². The second-order valence-electron chi connectivity index (χ2n) is 6.65. The summed E-state index contributed by atoms with van der Waals surface area (Å²) in [6, 6.07) is 8.80. The SMILES string of the molecule is COc1ccc(F)cc1S(=O)(=O)N(C)CC(=O)N1c2ccc(Br)cc2CC1C. The van der Waals surface area contributed by atoms with E-state index in [9.17, 15) is 17.6 Å². The van der Waals surface area contributed by atoms with Crippen LogP contribution >= 0.6 is 15.9 Å². The number of anilines is 1. The van der Waals surface area contributed by atoms with E-state index >= 15 is 0 Å². The highest BCUT2D eigenvalue weighted by Gasteiger charge is 2.34. The van der Waals surface area contributed by atoms with Crippen LogP contribution in [-0.2, 0) is 21.2 Å². The van der Waals surface area contributed by atoms with Gasteiger partial charge >= 0.3 is 0 Å². The molecule has 1 atom stereocenters. The van der Waals surface area contributed by atoms with Crippen LogP contribution in [0.15, 0.2) is 45.8 Å². The van der Waals surface area contributed by atoms with Crippen molar-refractivity contribution in [3.05, 3.63) is 52.3 Å². The zero-order chi connectivity index (χ0) is 20.6. The number of benzene rings is 2. The second kappa shape index (κ2) is 7.81. The highest BCUT2D eigenvalue weighted by atomic mass is 79.9. The molecule has 0 saturated heterocycles. The molecule has 1 unspecified atom stereocenters. The number of hydrogen-bond acceptors (Lipinski definition) is 4. The van der Waals surface area contributed by atoms with Gasteiger partial charge in [0.25, 0.3) is 0 Å². The first-order chi connectivity index (χ1) is 13.1. The molecule has 0 aliphatic carbocycles. The van der Waals surface area contributed by atoms with Gasteiger partial charge in [0.05, 0.1) is 13.7 Å². The van der Waals surface area contributed by atoms with Crippen molar-refractivity contribution in [1.29, 1.82) is 0 Å². The van der Waals surface area contributed by atoms with Crippen molar-refractivity contribution in [2.75, 3.05) is 25.6 Å². The number of likely N-dealkylation sites (N-methyl/N-ethyl adjacent to an activating group) is 1. The number of amides is 1. The van der Waals surface area contributed by atoms with E-state index in [-0.39, 0.29) is 29.1 Å². The maximum atomic E-state index is 13.6. The molecule has 1 aliphatic rings. The number of carbonyl (C=O) groups is 1. The van der Waals surface area contributed by atoms with Crippen LogP contribution < -0.4 is 9.64 Å². The van der Waals surface area contributed by atoms with E-state index in [0.29, 0.717) is 6.42 Å². The van der Waals surface area contributed by atoms with Gasteiger partial charge in [-0.3, -0.25) is 4.79 Å². The molecule has 6 nitrogen and oxygen atoms in total. The van der Waals surface area contributed by atoms with Gasteiger partial charge in [-0.15, -0.1) is 0 Å². The zero-order valence-electron chi connectivity index (χ0n) is 15.6. The summed E-state index contributed by atoms with van der Waals surface area (Å²) in [7, 11) is -1.52. The van der Waals surface area contributed by atoms with E-state index in [0.717, 1.165) is 32.2 Å². The molecule has 0 radical (unpaired) electrons. The molecule has 0 saturated carbocycles. The van der Waals surface area contributed by atoms with E-state index < -0.39 is 15.8 Å². The van der Waals surface area contributed by atoms with Gasteiger partial charge in [0.2, 0.25) is 15.9 Å². The normalized spacial score (nSPS) is 16.4. The highest BCUT2D eigenvalue weighted by Crippen LogP contribution is 2.34. The van der Waals surface area contributed by atoms with Crippen LogP contribution in [0.4, 0.5) is 10.1 Å². The Bertz CT molecular complexity index is 1030. The number of nitrogens with zero attached hydrogens (tertiary/aromatic N) is 2. The Morgan fingerprint density at radius 1 is 1.32 bits per heavy atom. The summed E-state index contributed by atoms with van der Waals surface area (Å²) >= 11 is 3.42. The molecule has 1 amide bonds. The number of fused-ring (bicyclic) bond motifs is 1. The molecule has 1 aliphatic heterocycles. The molecule has 0 fully saturated rings. The molecule has 28 heavy (non-hydrogen) atoms. The zero-order valence-corrected chi connectivity index (χ0v) is 18.0. The lowest BCUT2D eigenvalue weighted by atomic mass is 10.1. The molecule has 1 heterocycles. The number of sulfonamides is 1. The van der Waals surface area contributed by atoms with Crippen LogP contribution in [0.1, 0.15) is 12.5 Å². The fraction of sp³-hybridized carbons (Fsp3) is 0.316. The summed E-state index contributed by atoms with van der Waals surface area (Å²) in [6.07, 6.45) is 0.689. The summed E-state index contributed by atoms with van der Waals surface area (Å²) in [5, 5.41) is 0. The first-order valence-corrected chi connectivity index (χ1v) is 10.8. The average molecular weight is 471 g/mol. The summed E-state index contributed by atoms with van der Waals surface area (Å²) in [6.45, 7) is 1.54. The van der Waals surface area contributed by atoms with Gasteiger partial charge in [-0.2, -0.15) is 4.31 Å². The number of ether oxygens (including phenoxy) is 1. The third kappa shape index (κ3) is 3.78. The summed E-state index contributed by atoms with van der Waals surface area (Å²) < 4.78 is 46.3. The standard InChI is InChI=1S/C19H20BrFN2O4S/c1-12-8-13-9-14(20)4-6-16(13)23(12)19(24)11-22(2)28(25,26)18-10-15(21)5-7-17(18)27-3/h4-7,9-10,12H,8,11H2,1-3H3. The number of carbonyl (C=O) groups excluding carboxylic acids is 1. The van der Waals surface area contributed by atoms with Crippen molar-refractivity contribution >= 4 is 37.5 Å². The Labute approximate surface area is 172 Å². The van der Waals surface area contributed by atoms with Gasteiger partial charge in [-0.1, -0.05) is 15.9 Å².